The second kappa shape index (κ2) is 9.46. The van der Waals surface area contributed by atoms with Crippen LogP contribution in [0.3, 0.4) is 0 Å². The minimum Gasteiger partial charge on any atom is -0.325 e. The van der Waals surface area contributed by atoms with Gasteiger partial charge >= 0.3 is 5.69 Å². The van der Waals surface area contributed by atoms with Crippen LogP contribution in [0.2, 0.25) is 0 Å². The number of anilines is 1. The van der Waals surface area contributed by atoms with Crippen LogP contribution in [-0.2, 0) is 18.9 Å². The van der Waals surface area contributed by atoms with Crippen LogP contribution in [-0.4, -0.2) is 35.7 Å². The highest BCUT2D eigenvalue weighted by Gasteiger charge is 2.19. The molecule has 0 radical (unpaired) electrons. The van der Waals surface area contributed by atoms with Crippen molar-refractivity contribution in [3.8, 4) is 11.4 Å². The van der Waals surface area contributed by atoms with Gasteiger partial charge in [-0.25, -0.2) is 19.2 Å². The summed E-state index contributed by atoms with van der Waals surface area (Å²) in [5, 5.41) is 13.6. The summed E-state index contributed by atoms with van der Waals surface area (Å²) in [5.74, 6) is -0.897. The standard InChI is InChI=1S/C22H17FN6O5S/c1-27-19-17(21(31)28(2)22(27)32)20(26-18(25-19)12-3-5-13(23)6-4-12)35-11-16(30)24-14-7-9-15(10-8-14)29(33)34/h3-10H,11H2,1-2H3,(H,24,30). The number of thioether (sulfide) groups is 1. The number of hydrogen-bond acceptors (Lipinski definition) is 8. The Labute approximate surface area is 200 Å². The van der Waals surface area contributed by atoms with E-state index in [-0.39, 0.29) is 33.3 Å². The van der Waals surface area contributed by atoms with Crippen molar-refractivity contribution in [2.45, 2.75) is 5.03 Å². The Morgan fingerprint density at radius 2 is 1.71 bits per heavy atom. The number of halogens is 1. The molecule has 4 rings (SSSR count). The van der Waals surface area contributed by atoms with Gasteiger partial charge in [0.1, 0.15) is 16.2 Å². The molecular weight excluding hydrogens is 479 g/mol. The number of non-ortho nitro benzene ring substituents is 1. The zero-order valence-electron chi connectivity index (χ0n) is 18.4. The van der Waals surface area contributed by atoms with E-state index in [9.17, 15) is 28.9 Å². The largest absolute Gasteiger partial charge is 0.332 e. The lowest BCUT2D eigenvalue weighted by molar-refractivity contribution is -0.384. The van der Waals surface area contributed by atoms with Crippen LogP contribution in [0.15, 0.2) is 63.1 Å². The Morgan fingerprint density at radius 1 is 1.06 bits per heavy atom. The van der Waals surface area contributed by atoms with Crippen LogP contribution >= 0.6 is 11.8 Å². The molecule has 0 aliphatic rings. The number of carbonyl (C=O) groups is 1. The Kier molecular flexibility index (Phi) is 6.42. The summed E-state index contributed by atoms with van der Waals surface area (Å²) in [4.78, 5) is 56.9. The third kappa shape index (κ3) is 4.80. The molecule has 1 amide bonds. The van der Waals surface area contributed by atoms with E-state index in [4.69, 9.17) is 0 Å². The molecule has 13 heteroatoms. The highest BCUT2D eigenvalue weighted by Crippen LogP contribution is 2.26. The fraction of sp³-hybridized carbons (Fsp3) is 0.136. The monoisotopic (exact) mass is 496 g/mol. The van der Waals surface area contributed by atoms with Gasteiger partial charge in [-0.1, -0.05) is 11.8 Å². The molecule has 0 unspecified atom stereocenters. The molecule has 35 heavy (non-hydrogen) atoms. The van der Waals surface area contributed by atoms with Gasteiger partial charge in [0.05, 0.1) is 10.7 Å². The summed E-state index contributed by atoms with van der Waals surface area (Å²) in [7, 11) is 2.79. The topological polar surface area (TPSA) is 142 Å². The highest BCUT2D eigenvalue weighted by atomic mass is 32.2. The van der Waals surface area contributed by atoms with Gasteiger partial charge in [-0.05, 0) is 36.4 Å². The van der Waals surface area contributed by atoms with Crippen molar-refractivity contribution in [3.05, 3.63) is 85.3 Å². The maximum atomic E-state index is 13.4. The second-order valence-electron chi connectivity index (χ2n) is 7.40. The number of nitrogens with zero attached hydrogens (tertiary/aromatic N) is 5. The van der Waals surface area contributed by atoms with Crippen molar-refractivity contribution < 1.29 is 14.1 Å². The Hall–Kier alpha value is -4.39. The summed E-state index contributed by atoms with van der Waals surface area (Å²) in [6, 6.07) is 10.7. The number of aryl methyl sites for hydroxylation is 1. The average Bonchev–Trinajstić information content (AvgIpc) is 2.85. The number of nitro groups is 1. The highest BCUT2D eigenvalue weighted by molar-refractivity contribution is 8.00. The maximum absolute atomic E-state index is 13.4. The summed E-state index contributed by atoms with van der Waals surface area (Å²) >= 11 is 0.961. The predicted octanol–water partition coefficient (Wildman–Crippen LogP) is 2.47. The second-order valence-corrected chi connectivity index (χ2v) is 8.37. The smallest absolute Gasteiger partial charge is 0.325 e. The van der Waals surface area contributed by atoms with Crippen LogP contribution in [0.4, 0.5) is 15.8 Å². The summed E-state index contributed by atoms with van der Waals surface area (Å²) < 4.78 is 15.5. The summed E-state index contributed by atoms with van der Waals surface area (Å²) in [6.45, 7) is 0. The Balaban J connectivity index is 1.70. The first-order chi connectivity index (χ1) is 16.7. The predicted molar refractivity (Wildman–Crippen MR) is 128 cm³/mol. The van der Waals surface area contributed by atoms with Crippen LogP contribution in [0.25, 0.3) is 22.4 Å². The van der Waals surface area contributed by atoms with E-state index >= 15 is 0 Å². The molecule has 0 saturated carbocycles. The molecule has 2 heterocycles. The Morgan fingerprint density at radius 3 is 2.34 bits per heavy atom. The van der Waals surface area contributed by atoms with Crippen LogP contribution < -0.4 is 16.6 Å². The van der Waals surface area contributed by atoms with E-state index in [1.54, 1.807) is 0 Å². The van der Waals surface area contributed by atoms with E-state index in [0.717, 1.165) is 16.3 Å². The molecule has 2 aromatic heterocycles. The zero-order valence-corrected chi connectivity index (χ0v) is 19.2. The number of hydrogen-bond donors (Lipinski definition) is 1. The fourth-order valence-corrected chi connectivity index (χ4v) is 4.07. The van der Waals surface area contributed by atoms with Crippen LogP contribution in [0, 0.1) is 15.9 Å². The normalized spacial score (nSPS) is 10.9. The van der Waals surface area contributed by atoms with Crippen molar-refractivity contribution in [3.63, 3.8) is 0 Å². The first-order valence-corrected chi connectivity index (χ1v) is 11.0. The summed E-state index contributed by atoms with van der Waals surface area (Å²) in [5.41, 5.74) is -0.423. The first-order valence-electron chi connectivity index (χ1n) is 10.1. The number of carbonyl (C=O) groups excluding carboxylic acids is 1. The molecule has 0 aliphatic heterocycles. The van der Waals surface area contributed by atoms with Crippen LogP contribution in [0.5, 0.6) is 0 Å². The average molecular weight is 496 g/mol. The number of benzene rings is 2. The van der Waals surface area contributed by atoms with Gasteiger partial charge in [-0.15, -0.1) is 0 Å². The van der Waals surface area contributed by atoms with Gasteiger partial charge in [0.15, 0.2) is 11.5 Å². The molecule has 0 bridgehead atoms. The van der Waals surface area contributed by atoms with Gasteiger partial charge in [0, 0.05) is 37.5 Å². The first kappa shape index (κ1) is 23.8. The third-order valence-corrected chi connectivity index (χ3v) is 6.05. The van der Waals surface area contributed by atoms with Gasteiger partial charge < -0.3 is 5.32 Å². The lowest BCUT2D eigenvalue weighted by Crippen LogP contribution is -2.37. The third-order valence-electron chi connectivity index (χ3n) is 5.07. The number of nitrogens with one attached hydrogen (secondary N) is 1. The summed E-state index contributed by atoms with van der Waals surface area (Å²) in [6.07, 6.45) is 0. The fourth-order valence-electron chi connectivity index (χ4n) is 3.26. The van der Waals surface area contributed by atoms with E-state index < -0.39 is 27.9 Å². The number of amides is 1. The van der Waals surface area contributed by atoms with Crippen molar-refractivity contribution >= 4 is 40.1 Å². The quantitative estimate of drug-likeness (QED) is 0.186. The van der Waals surface area contributed by atoms with E-state index in [1.165, 1.54) is 67.2 Å². The number of nitro benzene ring substituents is 1. The van der Waals surface area contributed by atoms with Gasteiger partial charge in [-0.3, -0.25) is 28.8 Å². The lowest BCUT2D eigenvalue weighted by atomic mass is 10.2. The molecular formula is C22H17FN6O5S. The minimum absolute atomic E-state index is 0.0635. The van der Waals surface area contributed by atoms with E-state index in [2.05, 4.69) is 15.3 Å². The number of rotatable bonds is 6. The number of fused-ring (bicyclic) bond motifs is 1. The molecule has 4 aromatic rings. The molecule has 0 saturated heterocycles. The minimum atomic E-state index is -0.618. The SMILES string of the molecule is Cn1c(=O)c2c(SCC(=O)Nc3ccc([N+](=O)[O-])cc3)nc(-c3ccc(F)cc3)nc2n(C)c1=O. The van der Waals surface area contributed by atoms with Crippen molar-refractivity contribution in [2.24, 2.45) is 14.1 Å². The number of aromatic nitrogens is 4. The molecule has 0 fully saturated rings. The van der Waals surface area contributed by atoms with Crippen molar-refractivity contribution in [1.82, 2.24) is 19.1 Å². The van der Waals surface area contributed by atoms with Crippen LogP contribution in [0.1, 0.15) is 0 Å². The zero-order chi connectivity index (χ0) is 25.3. The van der Waals surface area contributed by atoms with E-state index in [0.29, 0.717) is 11.3 Å². The molecule has 0 spiro atoms. The molecule has 0 aliphatic carbocycles. The molecule has 1 N–H and O–H groups in total. The molecule has 0 atom stereocenters. The molecule has 2 aromatic carbocycles. The lowest BCUT2D eigenvalue weighted by Gasteiger charge is -2.12. The molecule has 178 valence electrons. The Bertz CT molecular complexity index is 1580. The molecule has 11 nitrogen and oxygen atoms in total. The maximum Gasteiger partial charge on any atom is 0.332 e. The van der Waals surface area contributed by atoms with Crippen molar-refractivity contribution in [2.75, 3.05) is 11.1 Å². The van der Waals surface area contributed by atoms with Crippen molar-refractivity contribution in [1.29, 1.82) is 0 Å². The van der Waals surface area contributed by atoms with Gasteiger partial charge in [0.2, 0.25) is 5.91 Å². The van der Waals surface area contributed by atoms with Gasteiger partial charge in [0.25, 0.3) is 11.2 Å². The van der Waals surface area contributed by atoms with Gasteiger partial charge in [-0.2, -0.15) is 0 Å². The van der Waals surface area contributed by atoms with E-state index in [1.807, 2.05) is 0 Å².